The number of hydrogen-bond acceptors (Lipinski definition) is 2. The maximum Gasteiger partial charge on any atom is 0.380 e. The molecule has 0 saturated carbocycles. The van der Waals surface area contributed by atoms with Gasteiger partial charge in [-0.05, 0) is 25.3 Å². The Morgan fingerprint density at radius 2 is 1.76 bits per heavy atom. The highest BCUT2D eigenvalue weighted by Crippen LogP contribution is 2.02. The highest BCUT2D eigenvalue weighted by molar-refractivity contribution is 5.68. The molecule has 0 atom stereocenters. The minimum Gasteiger partial charge on any atom is -0.245 e. The fourth-order valence-corrected chi connectivity index (χ4v) is 1.60. The van der Waals surface area contributed by atoms with Crippen LogP contribution in [0.4, 0.5) is 0 Å². The third-order valence-corrected chi connectivity index (χ3v) is 2.72. The Labute approximate surface area is 103 Å². The lowest BCUT2D eigenvalue weighted by Crippen LogP contribution is -2.46. The Balaban J connectivity index is 2.72. The highest BCUT2D eigenvalue weighted by Gasteiger charge is 2.12. The second-order valence-corrected chi connectivity index (χ2v) is 4.19. The molecule has 0 amide bonds. The van der Waals surface area contributed by atoms with Crippen molar-refractivity contribution >= 4 is 5.97 Å². The number of unbranched alkanes of at least 4 members (excludes halogenated alkanes) is 1. The lowest BCUT2D eigenvalue weighted by Gasteiger charge is -2.01. The van der Waals surface area contributed by atoms with Crippen LogP contribution in [0.3, 0.4) is 0 Å². The molecule has 1 rings (SSSR count). The van der Waals surface area contributed by atoms with Gasteiger partial charge in [-0.1, -0.05) is 27.2 Å². The van der Waals surface area contributed by atoms with E-state index in [-0.39, 0.29) is 5.97 Å². The summed E-state index contributed by atoms with van der Waals surface area (Å²) < 4.78 is 1.55. The number of aromatic nitrogens is 1. The minimum absolute atomic E-state index is 0.160. The van der Waals surface area contributed by atoms with E-state index in [2.05, 4.69) is 26.8 Å². The molecule has 0 aromatic carbocycles. The lowest BCUT2D eigenvalue weighted by atomic mass is 10.1. The van der Waals surface area contributed by atoms with Crippen LogP contribution in [0.1, 0.15) is 51.2 Å². The Bertz CT molecular complexity index is 352. The van der Waals surface area contributed by atoms with E-state index >= 15 is 0 Å². The van der Waals surface area contributed by atoms with Crippen LogP contribution in [0.15, 0.2) is 18.5 Å². The van der Waals surface area contributed by atoms with E-state index < -0.39 is 0 Å². The molecule has 0 aliphatic heterocycles. The van der Waals surface area contributed by atoms with Gasteiger partial charge in [0.15, 0.2) is 0 Å². The molecule has 0 unspecified atom stereocenters. The number of carbonyl (C=O) groups is 1. The molecule has 0 N–H and O–H groups in total. The van der Waals surface area contributed by atoms with Crippen LogP contribution in [0.5, 0.6) is 0 Å². The van der Waals surface area contributed by atoms with Crippen LogP contribution in [-0.4, -0.2) is 5.97 Å². The molecule has 0 radical (unpaired) electrons. The van der Waals surface area contributed by atoms with Crippen LogP contribution < -0.4 is 9.57 Å². The lowest BCUT2D eigenvalue weighted by molar-refractivity contribution is -0.870. The molecule has 0 bridgehead atoms. The molecule has 1 aromatic rings. The highest BCUT2D eigenvalue weighted by atomic mass is 16.7. The van der Waals surface area contributed by atoms with Gasteiger partial charge in [-0.25, -0.2) is 4.79 Å². The van der Waals surface area contributed by atoms with Gasteiger partial charge >= 0.3 is 5.97 Å². The van der Waals surface area contributed by atoms with E-state index in [4.69, 9.17) is 4.84 Å². The van der Waals surface area contributed by atoms with E-state index in [9.17, 15) is 4.79 Å². The number of nitrogens with zero attached hydrogens (tertiary/aromatic N) is 1. The van der Waals surface area contributed by atoms with Gasteiger partial charge < -0.3 is 0 Å². The molecule has 1 heterocycles. The molecule has 17 heavy (non-hydrogen) atoms. The maximum atomic E-state index is 11.5. The second kappa shape index (κ2) is 7.05. The fourth-order valence-electron chi connectivity index (χ4n) is 1.60. The first kappa shape index (κ1) is 13.7. The molecule has 0 aliphatic carbocycles. The summed E-state index contributed by atoms with van der Waals surface area (Å²) in [6.45, 7) is 6.25. The van der Waals surface area contributed by atoms with Gasteiger partial charge in [0.05, 0.1) is 6.42 Å². The summed E-state index contributed by atoms with van der Waals surface area (Å²) in [7, 11) is 0. The van der Waals surface area contributed by atoms with Crippen LogP contribution in [0.25, 0.3) is 0 Å². The zero-order valence-electron chi connectivity index (χ0n) is 11.0. The number of carbonyl (C=O) groups excluding carboxylic acids is 1. The quantitative estimate of drug-likeness (QED) is 0.709. The molecule has 0 spiro atoms. The van der Waals surface area contributed by atoms with E-state index in [0.717, 1.165) is 25.7 Å². The molecule has 0 saturated heterocycles. The Morgan fingerprint density at radius 3 is 2.24 bits per heavy atom. The molecule has 1 aromatic heterocycles. The molecule has 0 fully saturated rings. The number of aryl methyl sites for hydroxylation is 2. The van der Waals surface area contributed by atoms with Crippen LogP contribution in [-0.2, 0) is 17.6 Å². The number of rotatable bonds is 6. The summed E-state index contributed by atoms with van der Waals surface area (Å²) >= 11 is 0. The average molecular weight is 236 g/mol. The molecule has 3 nitrogen and oxygen atoms in total. The largest absolute Gasteiger partial charge is 0.380 e. The smallest absolute Gasteiger partial charge is 0.245 e. The monoisotopic (exact) mass is 236 g/mol. The third-order valence-electron chi connectivity index (χ3n) is 2.72. The van der Waals surface area contributed by atoms with Crippen molar-refractivity contribution in [3.8, 4) is 0 Å². The van der Waals surface area contributed by atoms with E-state index in [1.54, 1.807) is 4.73 Å². The Hall–Kier alpha value is -1.38. The van der Waals surface area contributed by atoms with Crippen molar-refractivity contribution in [1.29, 1.82) is 0 Å². The van der Waals surface area contributed by atoms with Crippen LogP contribution in [0, 0.1) is 0 Å². The second-order valence-electron chi connectivity index (χ2n) is 4.19. The normalized spacial score (nSPS) is 10.3. The zero-order valence-corrected chi connectivity index (χ0v) is 11.0. The van der Waals surface area contributed by atoms with Crippen LogP contribution >= 0.6 is 0 Å². The van der Waals surface area contributed by atoms with E-state index in [1.807, 2.05) is 12.4 Å². The summed E-state index contributed by atoms with van der Waals surface area (Å²) in [4.78, 5) is 16.8. The van der Waals surface area contributed by atoms with Crippen molar-refractivity contribution in [2.75, 3.05) is 0 Å². The van der Waals surface area contributed by atoms with Crippen molar-refractivity contribution in [2.45, 2.75) is 52.9 Å². The van der Waals surface area contributed by atoms with Crippen molar-refractivity contribution in [3.63, 3.8) is 0 Å². The van der Waals surface area contributed by atoms with Crippen molar-refractivity contribution in [1.82, 2.24) is 0 Å². The summed E-state index contributed by atoms with van der Waals surface area (Å²) in [5, 5.41) is 0. The first-order valence-electron chi connectivity index (χ1n) is 6.44. The summed E-state index contributed by atoms with van der Waals surface area (Å²) in [6, 6.07) is 2.15. The van der Waals surface area contributed by atoms with Crippen LogP contribution in [0.2, 0.25) is 0 Å². The molecule has 94 valence electrons. The Morgan fingerprint density at radius 1 is 1.18 bits per heavy atom. The molecular formula is C14H22NO2+. The van der Waals surface area contributed by atoms with Crippen molar-refractivity contribution in [2.24, 2.45) is 0 Å². The summed E-state index contributed by atoms with van der Waals surface area (Å²) in [6.07, 6.45) is 8.02. The van der Waals surface area contributed by atoms with Crippen molar-refractivity contribution in [3.05, 3.63) is 29.6 Å². The fraction of sp³-hybridized carbons (Fsp3) is 0.571. The Kier molecular flexibility index (Phi) is 5.67. The van der Waals surface area contributed by atoms with Gasteiger partial charge in [0.1, 0.15) is 0 Å². The molecule has 3 heteroatoms. The van der Waals surface area contributed by atoms with E-state index in [0.29, 0.717) is 6.42 Å². The number of hydrogen-bond donors (Lipinski definition) is 0. The van der Waals surface area contributed by atoms with E-state index in [1.165, 1.54) is 11.1 Å². The van der Waals surface area contributed by atoms with Gasteiger partial charge in [0.2, 0.25) is 12.4 Å². The standard InChI is InChI=1S/C14H22NO2/c1-4-7-8-14(16)17-15-10-12(5-2)9-13(6-3)11-15/h9-11H,4-8H2,1-3H3/q+1. The third kappa shape index (κ3) is 4.55. The average Bonchev–Trinajstić information content (AvgIpc) is 2.35. The first-order chi connectivity index (χ1) is 8.19. The zero-order chi connectivity index (χ0) is 12.7. The number of pyridine rings is 1. The van der Waals surface area contributed by atoms with Crippen molar-refractivity contribution < 1.29 is 14.4 Å². The molecule has 0 aliphatic rings. The van der Waals surface area contributed by atoms with Gasteiger partial charge in [-0.3, -0.25) is 0 Å². The van der Waals surface area contributed by atoms with Gasteiger partial charge in [0.25, 0.3) is 0 Å². The maximum absolute atomic E-state index is 11.5. The summed E-state index contributed by atoms with van der Waals surface area (Å²) in [5.41, 5.74) is 2.38. The van der Waals surface area contributed by atoms with Gasteiger partial charge in [0, 0.05) is 15.9 Å². The minimum atomic E-state index is -0.160. The summed E-state index contributed by atoms with van der Waals surface area (Å²) in [5.74, 6) is -0.160. The predicted octanol–water partition coefficient (Wildman–Crippen LogP) is 2.24. The van der Waals surface area contributed by atoms with Gasteiger partial charge in [-0.2, -0.15) is 4.84 Å². The predicted molar refractivity (Wildman–Crippen MR) is 66.5 cm³/mol. The SMILES string of the molecule is CCCCC(=O)O[n+]1cc(CC)cc(CC)c1. The molecular weight excluding hydrogens is 214 g/mol. The van der Waals surface area contributed by atoms with Gasteiger partial charge in [-0.15, -0.1) is 0 Å². The topological polar surface area (TPSA) is 30.2 Å². The first-order valence-corrected chi connectivity index (χ1v) is 6.44.